The highest BCUT2D eigenvalue weighted by Gasteiger charge is 2.38. The van der Waals surface area contributed by atoms with Crippen LogP contribution in [0.5, 0.6) is 0 Å². The summed E-state index contributed by atoms with van der Waals surface area (Å²) in [5.74, 6) is 1.90. The molecule has 30 heavy (non-hydrogen) atoms. The van der Waals surface area contributed by atoms with Crippen molar-refractivity contribution in [3.05, 3.63) is 28.9 Å². The van der Waals surface area contributed by atoms with Crippen molar-refractivity contribution < 1.29 is 7.65 Å². The van der Waals surface area contributed by atoms with Gasteiger partial charge >= 0.3 is 0 Å². The predicted molar refractivity (Wildman–Crippen MR) is 126 cm³/mol. The smallest absolute Gasteiger partial charge is 0.226 e. The van der Waals surface area contributed by atoms with E-state index in [4.69, 9.17) is 4.98 Å². The van der Waals surface area contributed by atoms with E-state index >= 15 is 0 Å². The highest BCUT2D eigenvalue weighted by atomic mass is 32.1. The molecule has 6 nitrogen and oxygen atoms in total. The molecule has 1 amide bonds. The molecule has 0 spiro atoms. The Hall–Kier alpha value is -1.87. The first-order valence-corrected chi connectivity index (χ1v) is 12.5. The van der Waals surface area contributed by atoms with Gasteiger partial charge in [0.1, 0.15) is 15.5 Å². The standard InChI is InChI=1S/C22H25N5OS2.2H2/c28-19(5-8-27-11-13-1-2-14(13)12-27)26-22-20(15-3-6-24-10-18(15)30-22)21-25-16-9-23-7-4-17(16)29-21;;/h4,7,9,13-14,24H,1-3,5-6,8,10-12H2,(H,26,28);2*1H. The van der Waals surface area contributed by atoms with Gasteiger partial charge in [0.05, 0.1) is 10.9 Å². The van der Waals surface area contributed by atoms with Crippen LogP contribution in [0.3, 0.4) is 0 Å². The molecule has 2 atom stereocenters. The van der Waals surface area contributed by atoms with Gasteiger partial charge in [-0.05, 0) is 49.3 Å². The van der Waals surface area contributed by atoms with Gasteiger partial charge in [-0.1, -0.05) is 0 Å². The first-order valence-electron chi connectivity index (χ1n) is 10.8. The number of likely N-dealkylation sites (tertiary alicyclic amines) is 1. The third-order valence-corrected chi connectivity index (χ3v) is 9.00. The zero-order chi connectivity index (χ0) is 20.1. The van der Waals surface area contributed by atoms with E-state index in [9.17, 15) is 4.79 Å². The Balaban J connectivity index is 0.00000122. The summed E-state index contributed by atoms with van der Waals surface area (Å²) in [5.41, 5.74) is 3.40. The van der Waals surface area contributed by atoms with E-state index in [0.29, 0.717) is 6.42 Å². The number of nitrogens with one attached hydrogen (secondary N) is 2. The van der Waals surface area contributed by atoms with Crippen LogP contribution in [0.4, 0.5) is 5.00 Å². The van der Waals surface area contributed by atoms with Crippen molar-refractivity contribution in [1.29, 1.82) is 0 Å². The number of thiazole rings is 1. The van der Waals surface area contributed by atoms with Gasteiger partial charge in [-0.2, -0.15) is 0 Å². The molecule has 3 aromatic rings. The second-order valence-electron chi connectivity index (χ2n) is 8.65. The number of aromatic nitrogens is 2. The summed E-state index contributed by atoms with van der Waals surface area (Å²) in [4.78, 5) is 25.7. The van der Waals surface area contributed by atoms with Crippen LogP contribution in [0.25, 0.3) is 20.8 Å². The molecule has 2 fully saturated rings. The molecule has 3 aromatic heterocycles. The van der Waals surface area contributed by atoms with E-state index in [1.165, 1.54) is 36.4 Å². The molecule has 1 saturated heterocycles. The molecule has 3 aliphatic rings. The van der Waals surface area contributed by atoms with E-state index in [1.807, 2.05) is 18.5 Å². The summed E-state index contributed by atoms with van der Waals surface area (Å²) >= 11 is 3.39. The van der Waals surface area contributed by atoms with E-state index in [2.05, 4.69) is 20.5 Å². The topological polar surface area (TPSA) is 70.2 Å². The molecule has 1 aliphatic carbocycles. The van der Waals surface area contributed by atoms with Gasteiger partial charge in [0.2, 0.25) is 5.91 Å². The predicted octanol–water partition coefficient (Wildman–Crippen LogP) is 4.23. The van der Waals surface area contributed by atoms with Gasteiger partial charge in [0, 0.05) is 52.1 Å². The van der Waals surface area contributed by atoms with Crippen molar-refractivity contribution in [2.75, 3.05) is 31.5 Å². The number of anilines is 1. The normalized spacial score (nSPS) is 23.2. The van der Waals surface area contributed by atoms with Crippen LogP contribution < -0.4 is 10.6 Å². The molecule has 2 unspecified atom stereocenters. The van der Waals surface area contributed by atoms with Crippen LogP contribution >= 0.6 is 22.7 Å². The van der Waals surface area contributed by atoms with Gasteiger partial charge < -0.3 is 15.5 Å². The fraction of sp³-hybridized carbons (Fsp3) is 0.500. The third kappa shape index (κ3) is 3.36. The van der Waals surface area contributed by atoms with E-state index < -0.39 is 0 Å². The minimum atomic E-state index is 0. The lowest BCUT2D eigenvalue weighted by Crippen LogP contribution is -2.25. The second-order valence-corrected chi connectivity index (χ2v) is 10.8. The second kappa shape index (κ2) is 7.67. The lowest BCUT2D eigenvalue weighted by Gasteiger charge is -2.28. The van der Waals surface area contributed by atoms with Crippen molar-refractivity contribution in [3.8, 4) is 10.6 Å². The molecule has 5 heterocycles. The zero-order valence-electron chi connectivity index (χ0n) is 16.8. The summed E-state index contributed by atoms with van der Waals surface area (Å²) < 4.78 is 1.13. The van der Waals surface area contributed by atoms with Gasteiger partial charge in [-0.25, -0.2) is 4.98 Å². The number of rotatable bonds is 5. The fourth-order valence-corrected chi connectivity index (χ4v) is 7.33. The highest BCUT2D eigenvalue weighted by molar-refractivity contribution is 7.22. The van der Waals surface area contributed by atoms with E-state index in [-0.39, 0.29) is 8.76 Å². The maximum atomic E-state index is 12.8. The molecule has 160 valence electrons. The van der Waals surface area contributed by atoms with Crippen molar-refractivity contribution in [3.63, 3.8) is 0 Å². The summed E-state index contributed by atoms with van der Waals surface area (Å²) in [5, 5.41) is 8.65. The minimum absolute atomic E-state index is 0. The number of amides is 1. The van der Waals surface area contributed by atoms with E-state index in [0.717, 1.165) is 63.7 Å². The quantitative estimate of drug-likeness (QED) is 0.618. The number of nitrogens with zero attached hydrogens (tertiary/aromatic N) is 3. The van der Waals surface area contributed by atoms with Crippen LogP contribution in [0.2, 0.25) is 0 Å². The van der Waals surface area contributed by atoms with Crippen molar-refractivity contribution >= 4 is 43.8 Å². The van der Waals surface area contributed by atoms with Gasteiger partial charge in [0.25, 0.3) is 0 Å². The number of fused-ring (bicyclic) bond motifs is 3. The molecule has 1 saturated carbocycles. The average molecular weight is 444 g/mol. The summed E-state index contributed by atoms with van der Waals surface area (Å²) in [6.07, 6.45) is 7.92. The Kier molecular flexibility index (Phi) is 4.83. The molecule has 0 bridgehead atoms. The van der Waals surface area contributed by atoms with Gasteiger partial charge in [0.15, 0.2) is 0 Å². The molecule has 6 rings (SSSR count). The Bertz CT molecular complexity index is 1070. The van der Waals surface area contributed by atoms with Crippen molar-refractivity contribution in [1.82, 2.24) is 20.2 Å². The lowest BCUT2D eigenvalue weighted by atomic mass is 9.77. The zero-order valence-corrected chi connectivity index (χ0v) is 18.5. The number of pyridine rings is 1. The van der Waals surface area contributed by atoms with Crippen molar-refractivity contribution in [2.24, 2.45) is 11.8 Å². The summed E-state index contributed by atoms with van der Waals surface area (Å²) in [6.45, 7) is 5.07. The summed E-state index contributed by atoms with van der Waals surface area (Å²) in [7, 11) is 0. The Morgan fingerprint density at radius 3 is 2.97 bits per heavy atom. The first-order chi connectivity index (χ1) is 14.7. The molecular weight excluding hydrogens is 414 g/mol. The molecule has 0 aromatic carbocycles. The number of carbonyl (C=O) groups is 1. The number of carbonyl (C=O) groups excluding carboxylic acids is 1. The highest BCUT2D eigenvalue weighted by Crippen LogP contribution is 2.45. The lowest BCUT2D eigenvalue weighted by molar-refractivity contribution is -0.116. The van der Waals surface area contributed by atoms with Crippen LogP contribution in [-0.4, -0.2) is 47.0 Å². The number of hydrogen-bond donors (Lipinski definition) is 2. The molecule has 2 aliphatic heterocycles. The van der Waals surface area contributed by atoms with E-state index in [1.54, 1.807) is 22.7 Å². The van der Waals surface area contributed by atoms with Gasteiger partial charge in [-0.3, -0.25) is 9.78 Å². The number of hydrogen-bond acceptors (Lipinski definition) is 7. The molecule has 8 heteroatoms. The fourth-order valence-electron chi connectivity index (χ4n) is 5.02. The monoisotopic (exact) mass is 443 g/mol. The SMILES string of the molecule is O=C(CCN1CC2CCC2C1)Nc1sc2c(c1-c1nc3cnccc3s1)CCNC2.[HH].[HH]. The first kappa shape index (κ1) is 18.9. The van der Waals surface area contributed by atoms with Crippen LogP contribution in [-0.2, 0) is 17.8 Å². The molecular formula is C22H29N5OS2. The van der Waals surface area contributed by atoms with Gasteiger partial charge in [-0.15, -0.1) is 22.7 Å². The average Bonchev–Trinajstić information content (AvgIpc) is 3.39. The van der Waals surface area contributed by atoms with Crippen LogP contribution in [0.15, 0.2) is 18.5 Å². The van der Waals surface area contributed by atoms with Crippen LogP contribution in [0, 0.1) is 11.8 Å². The van der Waals surface area contributed by atoms with Crippen LogP contribution in [0.1, 0.15) is 32.6 Å². The Morgan fingerprint density at radius 1 is 1.30 bits per heavy atom. The minimum Gasteiger partial charge on any atom is -0.317 e. The number of thiophene rings is 1. The molecule has 0 radical (unpaired) electrons. The van der Waals surface area contributed by atoms with Crippen molar-refractivity contribution in [2.45, 2.75) is 32.2 Å². The maximum absolute atomic E-state index is 12.8. The third-order valence-electron chi connectivity index (χ3n) is 6.80. The summed E-state index contributed by atoms with van der Waals surface area (Å²) in [6, 6.07) is 2.01. The Morgan fingerprint density at radius 2 is 2.17 bits per heavy atom. The molecule has 2 N–H and O–H groups in total. The maximum Gasteiger partial charge on any atom is 0.226 e. The largest absolute Gasteiger partial charge is 0.317 e. The Labute approximate surface area is 186 Å².